The topological polar surface area (TPSA) is 106 Å². The van der Waals surface area contributed by atoms with Gasteiger partial charge in [-0.2, -0.15) is 4.99 Å². The molecule has 0 atom stereocenters. The van der Waals surface area contributed by atoms with Crippen molar-refractivity contribution in [1.29, 1.82) is 0 Å². The molecule has 1 saturated carbocycles. The predicted octanol–water partition coefficient (Wildman–Crippen LogP) is 3.67. The number of carbonyl (C=O) groups excluding carboxylic acids is 1. The third-order valence-electron chi connectivity index (χ3n) is 5.24. The maximum absolute atomic E-state index is 13.0. The molecule has 4 N–H and O–H groups in total. The van der Waals surface area contributed by atoms with Crippen LogP contribution in [0.3, 0.4) is 0 Å². The monoisotopic (exact) mass is 411 g/mol. The second kappa shape index (κ2) is 7.75. The Hall–Kier alpha value is -3.06. The molecule has 7 nitrogen and oxygen atoms in total. The fraction of sp³-hybridized carbons (Fsp3) is 0.286. The molecule has 0 radical (unpaired) electrons. The number of halogens is 1. The van der Waals surface area contributed by atoms with E-state index in [-0.39, 0.29) is 11.9 Å². The van der Waals surface area contributed by atoms with Crippen molar-refractivity contribution in [1.82, 2.24) is 0 Å². The predicted molar refractivity (Wildman–Crippen MR) is 114 cm³/mol. The van der Waals surface area contributed by atoms with Crippen LogP contribution in [0.1, 0.15) is 42.5 Å². The number of guanidine groups is 2. The first-order valence-corrected chi connectivity index (χ1v) is 9.93. The van der Waals surface area contributed by atoms with E-state index in [1.165, 1.54) is 0 Å². The molecule has 1 heterocycles. The van der Waals surface area contributed by atoms with Gasteiger partial charge in [0.25, 0.3) is 0 Å². The van der Waals surface area contributed by atoms with Gasteiger partial charge in [0, 0.05) is 5.02 Å². The minimum absolute atomic E-state index is 0.168. The van der Waals surface area contributed by atoms with Gasteiger partial charge in [-0.15, -0.1) is 0 Å². The summed E-state index contributed by atoms with van der Waals surface area (Å²) in [5.74, 6) is 0.307. The molecule has 2 aromatic carbocycles. The Morgan fingerprint density at radius 2 is 1.72 bits per heavy atom. The second-order valence-corrected chi connectivity index (χ2v) is 7.62. The third-order valence-corrected chi connectivity index (χ3v) is 5.49. The quantitative estimate of drug-likeness (QED) is 0.592. The standard InChI is InChI=1S/C21H22ClN5O2/c22-14-8-10-15(11-9-14)29-18(28)16-6-2-3-7-17(16)27-20(24)25-19(23)26-21(27)12-4-1-5-13-21/h2-3,6-11H,1,4-5,12-13H2,(H4,23,24,25,26). The first-order chi connectivity index (χ1) is 14.0. The Morgan fingerprint density at radius 1 is 1.03 bits per heavy atom. The molecule has 150 valence electrons. The lowest BCUT2D eigenvalue weighted by molar-refractivity contribution is 0.0735. The molecule has 0 bridgehead atoms. The van der Waals surface area contributed by atoms with E-state index in [1.54, 1.807) is 36.4 Å². The molecule has 8 heteroatoms. The van der Waals surface area contributed by atoms with Crippen LogP contribution in [0.15, 0.2) is 58.5 Å². The van der Waals surface area contributed by atoms with Crippen LogP contribution in [-0.2, 0) is 0 Å². The summed E-state index contributed by atoms with van der Waals surface area (Å²) in [5, 5.41) is 0.567. The molecule has 0 amide bonds. The minimum Gasteiger partial charge on any atom is -0.423 e. The van der Waals surface area contributed by atoms with Crippen LogP contribution in [0.2, 0.25) is 5.02 Å². The summed E-state index contributed by atoms with van der Waals surface area (Å²) in [6.45, 7) is 0. The highest BCUT2D eigenvalue weighted by Crippen LogP contribution is 2.40. The molecule has 1 spiro atoms. The van der Waals surface area contributed by atoms with Crippen LogP contribution in [-0.4, -0.2) is 23.6 Å². The average molecular weight is 412 g/mol. The fourth-order valence-corrected chi connectivity index (χ4v) is 4.10. The van der Waals surface area contributed by atoms with Gasteiger partial charge in [-0.25, -0.2) is 9.79 Å². The second-order valence-electron chi connectivity index (χ2n) is 7.18. The lowest BCUT2D eigenvalue weighted by Crippen LogP contribution is -2.58. The largest absolute Gasteiger partial charge is 0.423 e. The number of benzene rings is 2. The van der Waals surface area contributed by atoms with E-state index in [4.69, 9.17) is 27.8 Å². The zero-order valence-electron chi connectivity index (χ0n) is 15.8. The SMILES string of the molecule is NC1=NC2(CCCCC2)N(c2ccccc2C(=O)Oc2ccc(Cl)cc2)C(N)=N1. The maximum Gasteiger partial charge on any atom is 0.345 e. The van der Waals surface area contributed by atoms with Gasteiger partial charge in [0.1, 0.15) is 11.4 Å². The molecule has 2 aromatic rings. The number of nitrogens with two attached hydrogens (primary N) is 2. The zero-order valence-corrected chi connectivity index (χ0v) is 16.6. The van der Waals surface area contributed by atoms with Gasteiger partial charge >= 0.3 is 5.97 Å². The van der Waals surface area contributed by atoms with E-state index in [2.05, 4.69) is 9.98 Å². The molecule has 0 aromatic heterocycles. The van der Waals surface area contributed by atoms with E-state index < -0.39 is 11.6 Å². The van der Waals surface area contributed by atoms with E-state index >= 15 is 0 Å². The summed E-state index contributed by atoms with van der Waals surface area (Å²) in [6, 6.07) is 13.8. The summed E-state index contributed by atoms with van der Waals surface area (Å²) in [5.41, 5.74) is 12.6. The van der Waals surface area contributed by atoms with E-state index in [0.29, 0.717) is 22.0 Å². The number of carbonyl (C=O) groups is 1. The number of rotatable bonds is 3. The number of aliphatic imine (C=N–C) groups is 2. The molecule has 29 heavy (non-hydrogen) atoms. The van der Waals surface area contributed by atoms with Gasteiger partial charge in [0.05, 0.1) is 11.3 Å². The Bertz CT molecular complexity index is 981. The molecule has 0 saturated heterocycles. The molecular formula is C21H22ClN5O2. The summed E-state index contributed by atoms with van der Waals surface area (Å²) in [6.07, 6.45) is 4.69. The average Bonchev–Trinajstić information content (AvgIpc) is 2.70. The van der Waals surface area contributed by atoms with Crippen molar-refractivity contribution in [2.45, 2.75) is 37.8 Å². The fourth-order valence-electron chi connectivity index (χ4n) is 3.98. The highest BCUT2D eigenvalue weighted by Gasteiger charge is 2.43. The number of hydrogen-bond donors (Lipinski definition) is 2. The number of para-hydroxylation sites is 1. The zero-order chi connectivity index (χ0) is 20.4. The lowest BCUT2D eigenvalue weighted by atomic mass is 9.87. The molecular weight excluding hydrogens is 390 g/mol. The van der Waals surface area contributed by atoms with Crippen molar-refractivity contribution in [3.8, 4) is 5.75 Å². The number of ether oxygens (including phenoxy) is 1. The third kappa shape index (κ3) is 3.78. The van der Waals surface area contributed by atoms with Gasteiger partial charge in [0.2, 0.25) is 11.9 Å². The van der Waals surface area contributed by atoms with Crippen molar-refractivity contribution in [2.75, 3.05) is 4.90 Å². The number of nitrogens with zero attached hydrogens (tertiary/aromatic N) is 3. The van der Waals surface area contributed by atoms with Crippen LogP contribution < -0.4 is 21.1 Å². The molecule has 2 aliphatic rings. The smallest absolute Gasteiger partial charge is 0.345 e. The minimum atomic E-state index is -0.634. The van der Waals surface area contributed by atoms with Gasteiger partial charge in [-0.05, 0) is 62.1 Å². The van der Waals surface area contributed by atoms with E-state index in [0.717, 1.165) is 32.1 Å². The van der Waals surface area contributed by atoms with Crippen molar-refractivity contribution in [2.24, 2.45) is 21.5 Å². The molecule has 1 aliphatic heterocycles. The van der Waals surface area contributed by atoms with Crippen molar-refractivity contribution in [3.63, 3.8) is 0 Å². The molecule has 1 aliphatic carbocycles. The summed E-state index contributed by atoms with van der Waals surface area (Å²) in [4.78, 5) is 23.6. The maximum atomic E-state index is 13.0. The normalized spacial score (nSPS) is 18.2. The Balaban J connectivity index is 1.72. The molecule has 4 rings (SSSR count). The van der Waals surface area contributed by atoms with Crippen LogP contribution in [0.25, 0.3) is 0 Å². The van der Waals surface area contributed by atoms with Crippen molar-refractivity contribution >= 4 is 35.2 Å². The molecule has 1 fully saturated rings. The van der Waals surface area contributed by atoms with Crippen LogP contribution in [0.4, 0.5) is 5.69 Å². The highest BCUT2D eigenvalue weighted by atomic mass is 35.5. The highest BCUT2D eigenvalue weighted by molar-refractivity contribution is 6.30. The van der Waals surface area contributed by atoms with E-state index in [9.17, 15) is 4.79 Å². The molecule has 0 unspecified atom stereocenters. The first-order valence-electron chi connectivity index (χ1n) is 9.55. The first kappa shape index (κ1) is 19.3. The summed E-state index contributed by atoms with van der Waals surface area (Å²) in [7, 11) is 0. The number of anilines is 1. The Labute approximate surface area is 174 Å². The van der Waals surface area contributed by atoms with Gasteiger partial charge in [-0.3, -0.25) is 4.90 Å². The Kier molecular flexibility index (Phi) is 5.15. The Morgan fingerprint density at radius 3 is 2.45 bits per heavy atom. The van der Waals surface area contributed by atoms with Gasteiger partial charge in [0.15, 0.2) is 0 Å². The van der Waals surface area contributed by atoms with Crippen LogP contribution >= 0.6 is 11.6 Å². The number of esters is 1. The van der Waals surface area contributed by atoms with Crippen molar-refractivity contribution in [3.05, 3.63) is 59.1 Å². The van der Waals surface area contributed by atoms with E-state index in [1.807, 2.05) is 17.0 Å². The van der Waals surface area contributed by atoms with Gasteiger partial charge < -0.3 is 16.2 Å². The van der Waals surface area contributed by atoms with Crippen molar-refractivity contribution < 1.29 is 9.53 Å². The lowest BCUT2D eigenvalue weighted by Gasteiger charge is -2.46. The van der Waals surface area contributed by atoms with Gasteiger partial charge in [-0.1, -0.05) is 30.2 Å². The van der Waals surface area contributed by atoms with Crippen LogP contribution in [0, 0.1) is 0 Å². The summed E-state index contributed by atoms with van der Waals surface area (Å²) < 4.78 is 5.55. The number of hydrogen-bond acceptors (Lipinski definition) is 7. The van der Waals surface area contributed by atoms with Crippen LogP contribution in [0.5, 0.6) is 5.75 Å². The summed E-state index contributed by atoms with van der Waals surface area (Å²) >= 11 is 5.91.